The van der Waals surface area contributed by atoms with Crippen LogP contribution in [0, 0.1) is 5.92 Å². The number of likely N-dealkylation sites (tertiary alicyclic amines) is 1. The third-order valence-electron chi connectivity index (χ3n) is 5.06. The summed E-state index contributed by atoms with van der Waals surface area (Å²) in [6.07, 6.45) is 2.89. The van der Waals surface area contributed by atoms with E-state index < -0.39 is 0 Å². The Kier molecular flexibility index (Phi) is 11.0. The fourth-order valence-corrected chi connectivity index (χ4v) is 3.75. The third-order valence-corrected chi connectivity index (χ3v) is 5.31. The van der Waals surface area contributed by atoms with E-state index in [1.165, 1.54) is 6.54 Å². The largest absolute Gasteiger partial charge is 0.357 e. The number of hydrogen-bond acceptors (Lipinski definition) is 5. The van der Waals surface area contributed by atoms with E-state index >= 15 is 0 Å². The molecule has 7 nitrogen and oxygen atoms in total. The van der Waals surface area contributed by atoms with Gasteiger partial charge in [0.15, 0.2) is 5.96 Å². The number of benzene rings is 1. The van der Waals surface area contributed by atoms with Crippen molar-refractivity contribution in [3.63, 3.8) is 0 Å². The van der Waals surface area contributed by atoms with Gasteiger partial charge in [0.05, 0.1) is 6.54 Å². The molecule has 1 aromatic carbocycles. The van der Waals surface area contributed by atoms with Gasteiger partial charge in [0, 0.05) is 49.2 Å². The van der Waals surface area contributed by atoms with E-state index in [1.807, 2.05) is 24.3 Å². The molecule has 31 heavy (non-hydrogen) atoms. The van der Waals surface area contributed by atoms with Crippen LogP contribution in [0.15, 0.2) is 33.8 Å². The molecule has 1 aliphatic rings. The minimum atomic E-state index is 0. The zero-order chi connectivity index (χ0) is 21.3. The van der Waals surface area contributed by atoms with Crippen LogP contribution in [0.25, 0.3) is 11.4 Å². The fourth-order valence-electron chi connectivity index (χ4n) is 3.63. The van der Waals surface area contributed by atoms with Crippen molar-refractivity contribution in [3.05, 3.63) is 35.2 Å². The van der Waals surface area contributed by atoms with Crippen LogP contribution < -0.4 is 10.6 Å². The number of nitrogens with zero attached hydrogens (tertiary/aromatic N) is 4. The lowest BCUT2D eigenvalue weighted by Crippen LogP contribution is -2.49. The SMILES string of the molecule is CCNC(=NCCc1nc(-c2ccc(Cl)cc2)no1)NC1CCN(CC(C)C)CC1.I. The maximum absolute atomic E-state index is 5.93. The Bertz CT molecular complexity index is 803. The van der Waals surface area contributed by atoms with Gasteiger partial charge >= 0.3 is 0 Å². The summed E-state index contributed by atoms with van der Waals surface area (Å²) in [4.78, 5) is 11.7. The summed E-state index contributed by atoms with van der Waals surface area (Å²) < 4.78 is 5.37. The molecule has 2 heterocycles. The van der Waals surface area contributed by atoms with Gasteiger partial charge in [-0.3, -0.25) is 4.99 Å². The molecule has 172 valence electrons. The van der Waals surface area contributed by atoms with Gasteiger partial charge in [-0.05, 0) is 49.9 Å². The first-order valence-electron chi connectivity index (χ1n) is 10.9. The molecule has 0 radical (unpaired) electrons. The van der Waals surface area contributed by atoms with Gasteiger partial charge in [-0.2, -0.15) is 4.98 Å². The highest BCUT2D eigenvalue weighted by molar-refractivity contribution is 14.0. The molecule has 9 heteroatoms. The standard InChI is InChI=1S/C22H33ClN6O.HI/c1-4-24-22(26-19-10-13-29(14-11-19)15-16(2)3)25-12-9-20-27-21(28-30-20)17-5-7-18(23)8-6-17;/h5-8,16,19H,4,9-15H2,1-3H3,(H2,24,25,26);1H. The normalized spacial score (nSPS) is 15.7. The highest BCUT2D eigenvalue weighted by Gasteiger charge is 2.20. The van der Waals surface area contributed by atoms with Crippen LogP contribution in [0.2, 0.25) is 5.02 Å². The Labute approximate surface area is 207 Å². The van der Waals surface area contributed by atoms with Gasteiger partial charge < -0.3 is 20.1 Å². The van der Waals surface area contributed by atoms with E-state index in [2.05, 4.69) is 46.4 Å². The van der Waals surface area contributed by atoms with E-state index in [4.69, 9.17) is 21.1 Å². The van der Waals surface area contributed by atoms with Crippen LogP contribution >= 0.6 is 35.6 Å². The van der Waals surface area contributed by atoms with E-state index in [0.717, 1.165) is 49.9 Å². The predicted octanol–water partition coefficient (Wildman–Crippen LogP) is 4.23. The predicted molar refractivity (Wildman–Crippen MR) is 137 cm³/mol. The zero-order valence-electron chi connectivity index (χ0n) is 18.6. The average molecular weight is 561 g/mol. The Morgan fingerprint density at radius 1 is 1.26 bits per heavy atom. The molecule has 0 atom stereocenters. The minimum Gasteiger partial charge on any atom is -0.357 e. The van der Waals surface area contributed by atoms with Crippen molar-refractivity contribution in [2.45, 2.75) is 46.1 Å². The number of aliphatic imine (C=N–C) groups is 1. The second kappa shape index (κ2) is 13.2. The molecule has 0 aliphatic carbocycles. The molecule has 1 fully saturated rings. The van der Waals surface area contributed by atoms with Crippen molar-refractivity contribution < 1.29 is 4.52 Å². The highest BCUT2D eigenvalue weighted by atomic mass is 127. The number of nitrogens with one attached hydrogen (secondary N) is 2. The van der Waals surface area contributed by atoms with Crippen LogP contribution in [0.3, 0.4) is 0 Å². The van der Waals surface area contributed by atoms with Gasteiger partial charge in [0.2, 0.25) is 11.7 Å². The van der Waals surface area contributed by atoms with E-state index in [-0.39, 0.29) is 24.0 Å². The van der Waals surface area contributed by atoms with Crippen molar-refractivity contribution in [2.24, 2.45) is 10.9 Å². The molecule has 0 saturated carbocycles. The lowest BCUT2D eigenvalue weighted by molar-refractivity contribution is 0.187. The van der Waals surface area contributed by atoms with E-state index in [9.17, 15) is 0 Å². The summed E-state index contributed by atoms with van der Waals surface area (Å²) >= 11 is 5.93. The van der Waals surface area contributed by atoms with Gasteiger partial charge in [0.1, 0.15) is 0 Å². The summed E-state index contributed by atoms with van der Waals surface area (Å²) in [5.74, 6) is 2.74. The van der Waals surface area contributed by atoms with Crippen LogP contribution in [0.4, 0.5) is 0 Å². The van der Waals surface area contributed by atoms with E-state index in [0.29, 0.717) is 35.7 Å². The van der Waals surface area contributed by atoms with E-state index in [1.54, 1.807) is 0 Å². The summed E-state index contributed by atoms with van der Waals surface area (Å²) in [5, 5.41) is 11.7. The number of halogens is 2. The molecule has 2 N–H and O–H groups in total. The molecule has 0 unspecified atom stereocenters. The summed E-state index contributed by atoms with van der Waals surface area (Å²) in [7, 11) is 0. The average Bonchev–Trinajstić information content (AvgIpc) is 3.18. The maximum atomic E-state index is 5.93. The van der Waals surface area contributed by atoms with Gasteiger partial charge in [-0.1, -0.05) is 30.6 Å². The number of hydrogen-bond donors (Lipinski definition) is 2. The topological polar surface area (TPSA) is 78.6 Å². The van der Waals surface area contributed by atoms with Gasteiger partial charge in [0.25, 0.3) is 0 Å². The van der Waals surface area contributed by atoms with Crippen LogP contribution in [-0.4, -0.2) is 59.8 Å². The molecule has 1 aliphatic heterocycles. The fraction of sp³-hybridized carbons (Fsp3) is 0.591. The smallest absolute Gasteiger partial charge is 0.228 e. The quantitative estimate of drug-likeness (QED) is 0.286. The molecule has 0 spiro atoms. The van der Waals surface area contributed by atoms with Crippen molar-refractivity contribution >= 4 is 41.5 Å². The molecule has 3 rings (SSSR count). The van der Waals surface area contributed by atoms with Crippen molar-refractivity contribution in [1.29, 1.82) is 0 Å². The van der Waals surface area contributed by atoms with Crippen molar-refractivity contribution in [2.75, 3.05) is 32.7 Å². The Morgan fingerprint density at radius 3 is 2.61 bits per heavy atom. The summed E-state index contributed by atoms with van der Waals surface area (Å²) in [6.45, 7) is 11.5. The minimum absolute atomic E-state index is 0. The van der Waals surface area contributed by atoms with Crippen molar-refractivity contribution in [1.82, 2.24) is 25.7 Å². The number of rotatable bonds is 8. The Balaban J connectivity index is 0.00000341. The van der Waals surface area contributed by atoms with Crippen LogP contribution in [-0.2, 0) is 6.42 Å². The zero-order valence-corrected chi connectivity index (χ0v) is 21.7. The van der Waals surface area contributed by atoms with Gasteiger partial charge in [-0.25, -0.2) is 0 Å². The highest BCUT2D eigenvalue weighted by Crippen LogP contribution is 2.18. The summed E-state index contributed by atoms with van der Waals surface area (Å²) in [6, 6.07) is 7.87. The molecule has 0 bridgehead atoms. The molecular weight excluding hydrogens is 527 g/mol. The lowest BCUT2D eigenvalue weighted by Gasteiger charge is -2.34. The molecule has 2 aromatic rings. The molecular formula is C22H34ClIN6O. The van der Waals surface area contributed by atoms with Crippen molar-refractivity contribution in [3.8, 4) is 11.4 Å². The Morgan fingerprint density at radius 2 is 1.97 bits per heavy atom. The molecule has 1 saturated heterocycles. The maximum Gasteiger partial charge on any atom is 0.228 e. The van der Waals surface area contributed by atoms with Crippen LogP contribution in [0.1, 0.15) is 39.5 Å². The molecule has 1 aromatic heterocycles. The first kappa shape index (κ1) is 25.9. The first-order valence-corrected chi connectivity index (χ1v) is 11.3. The first-order chi connectivity index (χ1) is 14.5. The lowest BCUT2D eigenvalue weighted by atomic mass is 10.0. The number of piperidine rings is 1. The Hall–Kier alpha value is -1.39. The number of aromatic nitrogens is 2. The molecule has 0 amide bonds. The second-order valence-corrected chi connectivity index (χ2v) is 8.58. The van der Waals surface area contributed by atoms with Gasteiger partial charge in [-0.15, -0.1) is 24.0 Å². The monoisotopic (exact) mass is 560 g/mol. The summed E-state index contributed by atoms with van der Waals surface area (Å²) in [5.41, 5.74) is 0.886. The second-order valence-electron chi connectivity index (χ2n) is 8.14. The number of guanidine groups is 1. The third kappa shape index (κ3) is 8.57. The van der Waals surface area contributed by atoms with Crippen LogP contribution in [0.5, 0.6) is 0 Å².